The van der Waals surface area contributed by atoms with Crippen LogP contribution in [0.15, 0.2) is 0 Å². The Kier molecular flexibility index (Phi) is 2.85. The molecule has 0 spiro atoms. The summed E-state index contributed by atoms with van der Waals surface area (Å²) in [6, 6.07) is 0. The summed E-state index contributed by atoms with van der Waals surface area (Å²) in [5.74, 6) is 2.82. The average molecular weight is 197 g/mol. The van der Waals surface area contributed by atoms with Crippen molar-refractivity contribution in [2.45, 2.75) is 45.1 Å². The Bertz CT molecular complexity index is 202. The van der Waals surface area contributed by atoms with E-state index in [9.17, 15) is 0 Å². The number of hydrogen-bond acceptors (Lipinski definition) is 2. The van der Waals surface area contributed by atoms with E-state index in [0.717, 1.165) is 24.4 Å². The summed E-state index contributed by atoms with van der Waals surface area (Å²) in [6.07, 6.45) is 5.80. The lowest BCUT2D eigenvalue weighted by atomic mass is 9.89. The van der Waals surface area contributed by atoms with Crippen LogP contribution in [0.5, 0.6) is 0 Å². The van der Waals surface area contributed by atoms with E-state index in [1.807, 2.05) is 0 Å². The maximum Gasteiger partial charge on any atom is 0.0748 e. The van der Waals surface area contributed by atoms with Crippen LogP contribution in [-0.4, -0.2) is 18.8 Å². The molecule has 3 unspecified atom stereocenters. The van der Waals surface area contributed by atoms with Gasteiger partial charge in [-0.05, 0) is 50.9 Å². The van der Waals surface area contributed by atoms with E-state index >= 15 is 0 Å². The molecule has 0 radical (unpaired) electrons. The van der Waals surface area contributed by atoms with Gasteiger partial charge in [0.15, 0.2) is 0 Å². The zero-order valence-electron chi connectivity index (χ0n) is 9.46. The summed E-state index contributed by atoms with van der Waals surface area (Å²) >= 11 is 0. The van der Waals surface area contributed by atoms with Gasteiger partial charge in [0.2, 0.25) is 0 Å². The summed E-state index contributed by atoms with van der Waals surface area (Å²) in [5, 5.41) is 0. The molecule has 0 amide bonds. The fourth-order valence-electron chi connectivity index (χ4n) is 2.97. The summed E-state index contributed by atoms with van der Waals surface area (Å²) in [5.41, 5.74) is 5.52. The zero-order chi connectivity index (χ0) is 10.2. The van der Waals surface area contributed by atoms with Crippen molar-refractivity contribution in [2.24, 2.45) is 23.5 Å². The molecule has 2 N–H and O–H groups in total. The van der Waals surface area contributed by atoms with Crippen molar-refractivity contribution in [3.63, 3.8) is 0 Å². The van der Waals surface area contributed by atoms with Gasteiger partial charge in [0.1, 0.15) is 0 Å². The standard InChI is InChI=1S/C12H23NO/c1-12(2,8-13)14-7-11-6-9-3-4-10(11)5-9/h9-11H,3-8,13H2,1-2H3. The SMILES string of the molecule is CC(C)(CN)OCC1CC2CCC1C2. The molecule has 14 heavy (non-hydrogen) atoms. The lowest BCUT2D eigenvalue weighted by Crippen LogP contribution is -2.36. The van der Waals surface area contributed by atoms with Gasteiger partial charge >= 0.3 is 0 Å². The van der Waals surface area contributed by atoms with Crippen LogP contribution in [0.4, 0.5) is 0 Å². The molecule has 2 rings (SSSR count). The molecule has 2 heteroatoms. The molecule has 0 saturated heterocycles. The molecule has 3 atom stereocenters. The van der Waals surface area contributed by atoms with Gasteiger partial charge in [-0.1, -0.05) is 6.42 Å². The number of fused-ring (bicyclic) bond motifs is 2. The second-order valence-corrected chi connectivity index (χ2v) is 5.71. The highest BCUT2D eigenvalue weighted by atomic mass is 16.5. The van der Waals surface area contributed by atoms with Crippen molar-refractivity contribution in [3.8, 4) is 0 Å². The summed E-state index contributed by atoms with van der Waals surface area (Å²) < 4.78 is 5.89. The van der Waals surface area contributed by atoms with Crippen molar-refractivity contribution in [3.05, 3.63) is 0 Å². The first-order chi connectivity index (χ1) is 6.61. The fourth-order valence-corrected chi connectivity index (χ4v) is 2.97. The van der Waals surface area contributed by atoms with E-state index in [1.54, 1.807) is 0 Å². The van der Waals surface area contributed by atoms with Gasteiger partial charge in [0.05, 0.1) is 12.2 Å². The second-order valence-electron chi connectivity index (χ2n) is 5.71. The molecule has 82 valence electrons. The van der Waals surface area contributed by atoms with Crippen LogP contribution in [0.2, 0.25) is 0 Å². The highest BCUT2D eigenvalue weighted by Crippen LogP contribution is 2.48. The van der Waals surface area contributed by atoms with Gasteiger partial charge in [-0.3, -0.25) is 0 Å². The third-order valence-electron chi connectivity index (χ3n) is 4.06. The maximum atomic E-state index is 5.89. The normalized spacial score (nSPS) is 36.6. The van der Waals surface area contributed by atoms with Gasteiger partial charge in [-0.25, -0.2) is 0 Å². The number of rotatable bonds is 4. The third kappa shape index (κ3) is 2.12. The third-order valence-corrected chi connectivity index (χ3v) is 4.06. The maximum absolute atomic E-state index is 5.89. The Morgan fingerprint density at radius 1 is 1.29 bits per heavy atom. The van der Waals surface area contributed by atoms with Gasteiger partial charge in [0, 0.05) is 6.54 Å². The molecule has 2 nitrogen and oxygen atoms in total. The van der Waals surface area contributed by atoms with E-state index in [0.29, 0.717) is 6.54 Å². The lowest BCUT2D eigenvalue weighted by molar-refractivity contribution is -0.0372. The Hall–Kier alpha value is -0.0800. The minimum atomic E-state index is -0.123. The average Bonchev–Trinajstić information content (AvgIpc) is 2.76. The number of hydrogen-bond donors (Lipinski definition) is 1. The molecule has 0 heterocycles. The first-order valence-corrected chi connectivity index (χ1v) is 5.95. The highest BCUT2D eigenvalue weighted by molar-refractivity contribution is 4.90. The van der Waals surface area contributed by atoms with Gasteiger partial charge in [0.25, 0.3) is 0 Å². The van der Waals surface area contributed by atoms with Crippen LogP contribution in [0.3, 0.4) is 0 Å². The molecule has 0 aliphatic heterocycles. The molecule has 2 aliphatic carbocycles. The number of nitrogens with two attached hydrogens (primary N) is 1. The van der Waals surface area contributed by atoms with Gasteiger partial charge in [-0.15, -0.1) is 0 Å². The number of ether oxygens (including phenoxy) is 1. The Balaban J connectivity index is 1.77. The van der Waals surface area contributed by atoms with Crippen LogP contribution < -0.4 is 5.73 Å². The molecule has 0 aromatic heterocycles. The highest BCUT2D eigenvalue weighted by Gasteiger charge is 2.39. The van der Waals surface area contributed by atoms with Crippen molar-refractivity contribution in [1.82, 2.24) is 0 Å². The fraction of sp³-hybridized carbons (Fsp3) is 1.00. The zero-order valence-corrected chi connectivity index (χ0v) is 9.46. The van der Waals surface area contributed by atoms with Crippen LogP contribution in [-0.2, 0) is 4.74 Å². The van der Waals surface area contributed by atoms with E-state index in [2.05, 4.69) is 13.8 Å². The topological polar surface area (TPSA) is 35.2 Å². The summed E-state index contributed by atoms with van der Waals surface area (Å²) in [7, 11) is 0. The monoisotopic (exact) mass is 197 g/mol. The van der Waals surface area contributed by atoms with Crippen molar-refractivity contribution in [2.75, 3.05) is 13.2 Å². The van der Waals surface area contributed by atoms with Crippen LogP contribution in [0.25, 0.3) is 0 Å². The molecule has 0 aromatic carbocycles. The van der Waals surface area contributed by atoms with Crippen molar-refractivity contribution in [1.29, 1.82) is 0 Å². The molecule has 2 fully saturated rings. The predicted octanol–water partition coefficient (Wildman–Crippen LogP) is 2.18. The lowest BCUT2D eigenvalue weighted by Gasteiger charge is -2.28. The molecular weight excluding hydrogens is 174 g/mol. The summed E-state index contributed by atoms with van der Waals surface area (Å²) in [6.45, 7) is 5.72. The van der Waals surface area contributed by atoms with Crippen LogP contribution >= 0.6 is 0 Å². The molecule has 2 bridgehead atoms. The van der Waals surface area contributed by atoms with E-state index < -0.39 is 0 Å². The van der Waals surface area contributed by atoms with Crippen LogP contribution in [0, 0.1) is 17.8 Å². The Labute approximate surface area is 87.2 Å². The smallest absolute Gasteiger partial charge is 0.0748 e. The molecule has 2 aliphatic rings. The predicted molar refractivity (Wildman–Crippen MR) is 58.0 cm³/mol. The van der Waals surface area contributed by atoms with Crippen LogP contribution in [0.1, 0.15) is 39.5 Å². The van der Waals surface area contributed by atoms with Crippen molar-refractivity contribution < 1.29 is 4.74 Å². The molecule has 2 saturated carbocycles. The molecular formula is C12H23NO. The largest absolute Gasteiger partial charge is 0.374 e. The Morgan fingerprint density at radius 2 is 2.07 bits per heavy atom. The second kappa shape index (κ2) is 3.82. The first kappa shape index (κ1) is 10.4. The van der Waals surface area contributed by atoms with Crippen molar-refractivity contribution >= 4 is 0 Å². The minimum absolute atomic E-state index is 0.123. The van der Waals surface area contributed by atoms with Gasteiger partial charge < -0.3 is 10.5 Å². The van der Waals surface area contributed by atoms with E-state index in [4.69, 9.17) is 10.5 Å². The van der Waals surface area contributed by atoms with E-state index in [-0.39, 0.29) is 5.60 Å². The van der Waals surface area contributed by atoms with E-state index in [1.165, 1.54) is 25.7 Å². The first-order valence-electron chi connectivity index (χ1n) is 5.95. The quantitative estimate of drug-likeness (QED) is 0.749. The minimum Gasteiger partial charge on any atom is -0.374 e. The summed E-state index contributed by atoms with van der Waals surface area (Å²) in [4.78, 5) is 0. The van der Waals surface area contributed by atoms with Gasteiger partial charge in [-0.2, -0.15) is 0 Å². The Morgan fingerprint density at radius 3 is 2.57 bits per heavy atom. The molecule has 0 aromatic rings.